The van der Waals surface area contributed by atoms with Crippen molar-refractivity contribution in [3.05, 3.63) is 66.0 Å². The van der Waals surface area contributed by atoms with E-state index in [2.05, 4.69) is 53.3 Å². The highest BCUT2D eigenvalue weighted by atomic mass is 14.9. The molecule has 3 rings (SSSR count). The van der Waals surface area contributed by atoms with Gasteiger partial charge < -0.3 is 4.98 Å². The fraction of sp³-hybridized carbons (Fsp3) is 0.133. The Bertz CT molecular complexity index is 592. The van der Waals surface area contributed by atoms with E-state index in [-0.39, 0.29) is 0 Å². The zero-order valence-corrected chi connectivity index (χ0v) is 9.72. The van der Waals surface area contributed by atoms with Crippen LogP contribution in [0.25, 0.3) is 11.0 Å². The van der Waals surface area contributed by atoms with Crippen molar-refractivity contribution in [2.75, 3.05) is 0 Å². The molecule has 17 heavy (non-hydrogen) atoms. The van der Waals surface area contributed by atoms with E-state index in [0.717, 1.165) is 5.65 Å². The van der Waals surface area contributed by atoms with E-state index in [1.54, 1.807) is 0 Å². The summed E-state index contributed by atoms with van der Waals surface area (Å²) >= 11 is 0. The van der Waals surface area contributed by atoms with Crippen molar-refractivity contribution < 1.29 is 0 Å². The Hall–Kier alpha value is -2.09. The predicted molar refractivity (Wildman–Crippen MR) is 70.1 cm³/mol. The van der Waals surface area contributed by atoms with Gasteiger partial charge in [-0.05, 0) is 23.8 Å². The van der Waals surface area contributed by atoms with Gasteiger partial charge in [-0.25, -0.2) is 4.98 Å². The second-order valence-corrected chi connectivity index (χ2v) is 4.30. The van der Waals surface area contributed by atoms with Crippen LogP contribution in [0, 0.1) is 0 Å². The maximum absolute atomic E-state index is 4.32. The van der Waals surface area contributed by atoms with Gasteiger partial charge >= 0.3 is 0 Å². The molecule has 0 radical (unpaired) electrons. The van der Waals surface area contributed by atoms with Crippen LogP contribution in [0.5, 0.6) is 0 Å². The third kappa shape index (κ3) is 1.82. The largest absolute Gasteiger partial charge is 0.343 e. The van der Waals surface area contributed by atoms with Gasteiger partial charge in [0, 0.05) is 23.2 Å². The number of fused-ring (bicyclic) bond motifs is 1. The topological polar surface area (TPSA) is 28.7 Å². The second-order valence-electron chi connectivity index (χ2n) is 4.30. The van der Waals surface area contributed by atoms with E-state index in [1.807, 2.05) is 18.3 Å². The normalized spacial score (nSPS) is 12.8. The number of benzene rings is 1. The molecular formula is C15H14N2. The summed E-state index contributed by atoms with van der Waals surface area (Å²) in [5.74, 6) is 0.366. The predicted octanol–water partition coefficient (Wildman–Crippen LogP) is 3.71. The third-order valence-corrected chi connectivity index (χ3v) is 3.18. The monoisotopic (exact) mass is 222 g/mol. The van der Waals surface area contributed by atoms with Gasteiger partial charge in [-0.2, -0.15) is 0 Å². The molecule has 0 aliphatic carbocycles. The highest BCUT2D eigenvalue weighted by molar-refractivity contribution is 5.76. The maximum Gasteiger partial charge on any atom is 0.137 e. The van der Waals surface area contributed by atoms with Gasteiger partial charge in [0.1, 0.15) is 5.65 Å². The fourth-order valence-electron chi connectivity index (χ4n) is 2.13. The summed E-state index contributed by atoms with van der Waals surface area (Å²) in [4.78, 5) is 7.71. The van der Waals surface area contributed by atoms with Crippen molar-refractivity contribution in [3.63, 3.8) is 0 Å². The molecule has 0 aliphatic heterocycles. The molecule has 2 heterocycles. The smallest absolute Gasteiger partial charge is 0.137 e. The van der Waals surface area contributed by atoms with Crippen molar-refractivity contribution in [2.24, 2.45) is 0 Å². The molecule has 2 nitrogen and oxygen atoms in total. The number of aromatic nitrogens is 2. The summed E-state index contributed by atoms with van der Waals surface area (Å²) in [7, 11) is 0. The lowest BCUT2D eigenvalue weighted by Gasteiger charge is -2.09. The first kappa shape index (κ1) is 10.1. The van der Waals surface area contributed by atoms with Crippen molar-refractivity contribution >= 4 is 11.0 Å². The van der Waals surface area contributed by atoms with Crippen molar-refractivity contribution in [3.8, 4) is 0 Å². The molecule has 1 atom stereocenters. The number of hydrogen-bond acceptors (Lipinski definition) is 1. The van der Waals surface area contributed by atoms with Gasteiger partial charge in [0.05, 0.1) is 0 Å². The highest BCUT2D eigenvalue weighted by Crippen LogP contribution is 2.25. The van der Waals surface area contributed by atoms with Gasteiger partial charge in [0.2, 0.25) is 0 Å². The quantitative estimate of drug-likeness (QED) is 0.703. The molecule has 2 heteroatoms. The van der Waals surface area contributed by atoms with E-state index in [1.165, 1.54) is 16.6 Å². The molecule has 84 valence electrons. The van der Waals surface area contributed by atoms with Crippen LogP contribution in [-0.2, 0) is 0 Å². The standard InChI is InChI=1S/C15H14N2/c1-11(12-6-3-2-4-7-12)14-10-13-8-5-9-16-15(13)17-14/h2-11H,1H3,(H,16,17)/t11-/m1/s1. The lowest BCUT2D eigenvalue weighted by Crippen LogP contribution is -1.95. The minimum Gasteiger partial charge on any atom is -0.343 e. The fourth-order valence-corrected chi connectivity index (χ4v) is 2.13. The summed E-state index contributed by atoms with van der Waals surface area (Å²) in [5.41, 5.74) is 3.49. The highest BCUT2D eigenvalue weighted by Gasteiger charge is 2.10. The van der Waals surface area contributed by atoms with E-state index >= 15 is 0 Å². The van der Waals surface area contributed by atoms with Crippen LogP contribution >= 0.6 is 0 Å². The summed E-state index contributed by atoms with van der Waals surface area (Å²) in [5, 5.41) is 1.17. The Morgan fingerprint density at radius 1 is 1.06 bits per heavy atom. The average molecular weight is 222 g/mol. The number of hydrogen-bond donors (Lipinski definition) is 1. The summed E-state index contributed by atoms with van der Waals surface area (Å²) in [6.07, 6.45) is 1.82. The number of nitrogens with one attached hydrogen (secondary N) is 1. The molecule has 1 N–H and O–H groups in total. The first-order valence-electron chi connectivity index (χ1n) is 5.83. The Kier molecular flexibility index (Phi) is 2.41. The molecule has 0 spiro atoms. The molecule has 0 bridgehead atoms. The Morgan fingerprint density at radius 2 is 1.88 bits per heavy atom. The van der Waals surface area contributed by atoms with Crippen LogP contribution in [0.1, 0.15) is 24.1 Å². The molecule has 0 saturated heterocycles. The van der Waals surface area contributed by atoms with Gasteiger partial charge in [0.25, 0.3) is 0 Å². The number of H-pyrrole nitrogens is 1. The zero-order chi connectivity index (χ0) is 11.7. The van der Waals surface area contributed by atoms with Crippen molar-refractivity contribution in [1.29, 1.82) is 0 Å². The first-order chi connectivity index (χ1) is 8.34. The lowest BCUT2D eigenvalue weighted by molar-refractivity contribution is 0.886. The molecule has 0 unspecified atom stereocenters. The molecule has 1 aromatic carbocycles. The SMILES string of the molecule is C[C@H](c1ccccc1)c1cc2cccnc2[nH]1. The van der Waals surface area contributed by atoms with Crippen LogP contribution in [0.2, 0.25) is 0 Å². The molecule has 3 aromatic rings. The molecule has 2 aromatic heterocycles. The first-order valence-corrected chi connectivity index (χ1v) is 5.83. The van der Waals surface area contributed by atoms with E-state index in [4.69, 9.17) is 0 Å². The third-order valence-electron chi connectivity index (χ3n) is 3.18. The number of rotatable bonds is 2. The summed E-state index contributed by atoms with van der Waals surface area (Å²) in [6, 6.07) is 16.7. The Labute approximate surface area is 100 Å². The van der Waals surface area contributed by atoms with Gasteiger partial charge in [-0.1, -0.05) is 37.3 Å². The molecular weight excluding hydrogens is 208 g/mol. The van der Waals surface area contributed by atoms with Crippen LogP contribution in [0.15, 0.2) is 54.7 Å². The number of pyridine rings is 1. The molecule has 0 aliphatic rings. The maximum atomic E-state index is 4.32. The second kappa shape index (κ2) is 4.06. The van der Waals surface area contributed by atoms with Crippen molar-refractivity contribution in [1.82, 2.24) is 9.97 Å². The van der Waals surface area contributed by atoms with Gasteiger partial charge in [-0.15, -0.1) is 0 Å². The van der Waals surface area contributed by atoms with Gasteiger partial charge in [0.15, 0.2) is 0 Å². The molecule has 0 amide bonds. The summed E-state index contributed by atoms with van der Waals surface area (Å²) in [6.45, 7) is 2.21. The zero-order valence-electron chi connectivity index (χ0n) is 9.72. The minimum absolute atomic E-state index is 0.366. The Balaban J connectivity index is 2.04. The van der Waals surface area contributed by atoms with E-state index in [9.17, 15) is 0 Å². The van der Waals surface area contributed by atoms with Gasteiger partial charge in [-0.3, -0.25) is 0 Å². The Morgan fingerprint density at radius 3 is 2.65 bits per heavy atom. The van der Waals surface area contributed by atoms with Crippen LogP contribution in [0.4, 0.5) is 0 Å². The number of aromatic amines is 1. The lowest BCUT2D eigenvalue weighted by atomic mass is 9.98. The molecule has 0 saturated carbocycles. The minimum atomic E-state index is 0.366. The van der Waals surface area contributed by atoms with E-state index in [0.29, 0.717) is 5.92 Å². The van der Waals surface area contributed by atoms with E-state index < -0.39 is 0 Å². The molecule has 0 fully saturated rings. The number of nitrogens with zero attached hydrogens (tertiary/aromatic N) is 1. The summed E-state index contributed by atoms with van der Waals surface area (Å²) < 4.78 is 0. The van der Waals surface area contributed by atoms with Crippen LogP contribution < -0.4 is 0 Å². The van der Waals surface area contributed by atoms with Crippen molar-refractivity contribution in [2.45, 2.75) is 12.8 Å². The van der Waals surface area contributed by atoms with Crippen LogP contribution in [0.3, 0.4) is 0 Å². The van der Waals surface area contributed by atoms with Crippen LogP contribution in [-0.4, -0.2) is 9.97 Å². The average Bonchev–Trinajstić information content (AvgIpc) is 2.82.